The van der Waals surface area contributed by atoms with E-state index < -0.39 is 0 Å². The van der Waals surface area contributed by atoms with Crippen LogP contribution >= 0.6 is 0 Å². The molecule has 0 saturated carbocycles. The monoisotopic (exact) mass is 333 g/mol. The van der Waals surface area contributed by atoms with Crippen molar-refractivity contribution >= 4 is 17.6 Å². The van der Waals surface area contributed by atoms with Crippen LogP contribution in [0.1, 0.15) is 16.1 Å². The molecular weight excluding hydrogens is 318 g/mol. The van der Waals surface area contributed by atoms with Gasteiger partial charge >= 0.3 is 0 Å². The van der Waals surface area contributed by atoms with Crippen LogP contribution in [0.2, 0.25) is 0 Å². The molecule has 7 nitrogen and oxygen atoms in total. The number of morpholine rings is 1. The number of hydrogen-bond acceptors (Lipinski definition) is 6. The van der Waals surface area contributed by atoms with Crippen LogP contribution in [-0.4, -0.2) is 47.2 Å². The lowest BCUT2D eigenvalue weighted by Crippen LogP contribution is -2.36. The van der Waals surface area contributed by atoms with Gasteiger partial charge in [-0.1, -0.05) is 12.1 Å². The largest absolute Gasteiger partial charge is 0.378 e. The van der Waals surface area contributed by atoms with Gasteiger partial charge in [0.15, 0.2) is 11.9 Å². The third-order valence-electron chi connectivity index (χ3n) is 4.25. The summed E-state index contributed by atoms with van der Waals surface area (Å²) < 4.78 is 7.08. The molecule has 0 spiro atoms. The van der Waals surface area contributed by atoms with E-state index in [1.165, 1.54) is 0 Å². The number of anilines is 1. The van der Waals surface area contributed by atoms with E-state index >= 15 is 0 Å². The Hall–Kier alpha value is -3.24. The van der Waals surface area contributed by atoms with E-state index in [1.54, 1.807) is 28.9 Å². The fraction of sp³-hybridized carbons (Fsp3) is 0.222. The molecule has 0 atom stereocenters. The first kappa shape index (κ1) is 15.3. The second-order valence-corrected chi connectivity index (χ2v) is 5.71. The van der Waals surface area contributed by atoms with E-state index in [1.807, 2.05) is 12.1 Å². The van der Waals surface area contributed by atoms with Crippen molar-refractivity contribution in [2.24, 2.45) is 0 Å². The Kier molecular flexibility index (Phi) is 3.88. The number of carbonyl (C=O) groups is 1. The predicted molar refractivity (Wildman–Crippen MR) is 91.6 cm³/mol. The summed E-state index contributed by atoms with van der Waals surface area (Å²) in [5.41, 5.74) is 3.71. The molecule has 3 aromatic rings. The highest BCUT2D eigenvalue weighted by molar-refractivity contribution is 5.88. The maximum Gasteiger partial charge on any atom is 0.178 e. The molecule has 0 N–H and O–H groups in total. The third-order valence-corrected chi connectivity index (χ3v) is 4.25. The van der Waals surface area contributed by atoms with E-state index in [0.717, 1.165) is 30.6 Å². The third kappa shape index (κ3) is 2.62. The van der Waals surface area contributed by atoms with E-state index in [4.69, 9.17) is 10.00 Å². The average molecular weight is 333 g/mol. The van der Waals surface area contributed by atoms with Crippen LogP contribution in [0.5, 0.6) is 0 Å². The molecule has 1 aromatic carbocycles. The normalized spacial score (nSPS) is 14.4. The number of hydrogen-bond donors (Lipinski definition) is 0. The topological polar surface area (TPSA) is 83.5 Å². The highest BCUT2D eigenvalue weighted by Gasteiger charge is 2.21. The number of imidazole rings is 1. The molecule has 1 aliphatic rings. The van der Waals surface area contributed by atoms with Gasteiger partial charge in [-0.05, 0) is 18.2 Å². The molecular formula is C18H15N5O2. The number of nitriles is 1. The molecule has 1 aliphatic heterocycles. The Balaban J connectivity index is 1.92. The van der Waals surface area contributed by atoms with Crippen molar-refractivity contribution in [2.45, 2.75) is 0 Å². The van der Waals surface area contributed by atoms with Gasteiger partial charge in [0.05, 0.1) is 36.7 Å². The second-order valence-electron chi connectivity index (χ2n) is 5.71. The van der Waals surface area contributed by atoms with Gasteiger partial charge in [0.25, 0.3) is 0 Å². The molecule has 0 amide bonds. The van der Waals surface area contributed by atoms with Gasteiger partial charge in [0, 0.05) is 18.7 Å². The van der Waals surface area contributed by atoms with Gasteiger partial charge in [-0.25, -0.2) is 9.50 Å². The number of carbonyl (C=O) groups excluding carboxylic acids is 1. The first-order valence-corrected chi connectivity index (χ1v) is 7.98. The summed E-state index contributed by atoms with van der Waals surface area (Å²) in [4.78, 5) is 18.3. The predicted octanol–water partition coefficient (Wildman–Crippen LogP) is 1.92. The highest BCUT2D eigenvalue weighted by atomic mass is 16.5. The van der Waals surface area contributed by atoms with Crippen molar-refractivity contribution in [3.8, 4) is 17.3 Å². The van der Waals surface area contributed by atoms with Gasteiger partial charge in [-0.15, -0.1) is 0 Å². The van der Waals surface area contributed by atoms with Crippen LogP contribution in [0.15, 0.2) is 36.5 Å². The molecule has 1 saturated heterocycles. The minimum Gasteiger partial charge on any atom is -0.378 e. The molecule has 2 aromatic heterocycles. The number of rotatable bonds is 3. The summed E-state index contributed by atoms with van der Waals surface area (Å²) in [7, 11) is 0. The molecule has 3 heterocycles. The summed E-state index contributed by atoms with van der Waals surface area (Å²) in [6.07, 6.45) is 2.43. The number of benzene rings is 1. The fourth-order valence-corrected chi connectivity index (χ4v) is 3.09. The summed E-state index contributed by atoms with van der Waals surface area (Å²) >= 11 is 0. The first-order chi connectivity index (χ1) is 12.3. The quantitative estimate of drug-likeness (QED) is 0.681. The Morgan fingerprint density at radius 2 is 2.08 bits per heavy atom. The fourth-order valence-electron chi connectivity index (χ4n) is 3.09. The van der Waals surface area contributed by atoms with Crippen molar-refractivity contribution in [3.05, 3.63) is 47.8 Å². The van der Waals surface area contributed by atoms with E-state index in [-0.39, 0.29) is 0 Å². The number of fused-ring (bicyclic) bond motifs is 1. The van der Waals surface area contributed by atoms with Gasteiger partial charge < -0.3 is 9.64 Å². The molecule has 0 aliphatic carbocycles. The number of aromatic nitrogens is 3. The lowest BCUT2D eigenvalue weighted by atomic mass is 10.1. The molecule has 0 unspecified atom stereocenters. The smallest absolute Gasteiger partial charge is 0.178 e. The lowest BCUT2D eigenvalue weighted by molar-refractivity contribution is 0.112. The SMILES string of the molecule is N#Cc1cccc(-c2c(C=O)nc3c(N4CCOCC4)ccnn23)c1. The second kappa shape index (κ2) is 6.34. The van der Waals surface area contributed by atoms with Crippen LogP contribution in [0.25, 0.3) is 16.9 Å². The van der Waals surface area contributed by atoms with Gasteiger partial charge in [0.2, 0.25) is 0 Å². The van der Waals surface area contributed by atoms with Crippen LogP contribution in [0.4, 0.5) is 5.69 Å². The van der Waals surface area contributed by atoms with Gasteiger partial charge in [-0.2, -0.15) is 10.4 Å². The Morgan fingerprint density at radius 3 is 2.84 bits per heavy atom. The van der Waals surface area contributed by atoms with Gasteiger partial charge in [0.1, 0.15) is 11.4 Å². The van der Waals surface area contributed by atoms with E-state index in [0.29, 0.717) is 35.8 Å². The molecule has 0 bridgehead atoms. The molecule has 1 fully saturated rings. The number of nitrogens with zero attached hydrogens (tertiary/aromatic N) is 5. The average Bonchev–Trinajstić information content (AvgIpc) is 3.07. The van der Waals surface area contributed by atoms with Crippen molar-refractivity contribution < 1.29 is 9.53 Å². The Labute approximate surface area is 144 Å². The van der Waals surface area contributed by atoms with E-state index in [9.17, 15) is 4.79 Å². The minimum absolute atomic E-state index is 0.309. The van der Waals surface area contributed by atoms with E-state index in [2.05, 4.69) is 21.1 Å². The van der Waals surface area contributed by atoms with Crippen LogP contribution in [-0.2, 0) is 4.74 Å². The molecule has 0 radical (unpaired) electrons. The number of aldehydes is 1. The summed E-state index contributed by atoms with van der Waals surface area (Å²) in [5, 5.41) is 13.5. The lowest BCUT2D eigenvalue weighted by Gasteiger charge is -2.28. The van der Waals surface area contributed by atoms with Gasteiger partial charge in [-0.3, -0.25) is 4.79 Å². The maximum atomic E-state index is 11.6. The van der Waals surface area contributed by atoms with Crippen LogP contribution < -0.4 is 4.90 Å². The summed E-state index contributed by atoms with van der Waals surface area (Å²) in [6.45, 7) is 2.85. The summed E-state index contributed by atoms with van der Waals surface area (Å²) in [6, 6.07) is 11.1. The van der Waals surface area contributed by atoms with Crippen molar-refractivity contribution in [1.29, 1.82) is 5.26 Å². The molecule has 7 heteroatoms. The zero-order valence-corrected chi connectivity index (χ0v) is 13.4. The molecule has 25 heavy (non-hydrogen) atoms. The van der Waals surface area contributed by atoms with Crippen LogP contribution in [0.3, 0.4) is 0 Å². The molecule has 124 valence electrons. The minimum atomic E-state index is 0.309. The van der Waals surface area contributed by atoms with Crippen molar-refractivity contribution in [1.82, 2.24) is 14.6 Å². The zero-order chi connectivity index (χ0) is 17.2. The Bertz CT molecular complexity index is 983. The van der Waals surface area contributed by atoms with Crippen molar-refractivity contribution in [2.75, 3.05) is 31.2 Å². The number of ether oxygens (including phenoxy) is 1. The standard InChI is InChI=1S/C18H15N5O2/c19-11-13-2-1-3-14(10-13)17-15(12-24)21-18-16(4-5-20-23(17)18)22-6-8-25-9-7-22/h1-5,10,12H,6-9H2. The maximum absolute atomic E-state index is 11.6. The van der Waals surface area contributed by atoms with Crippen LogP contribution in [0, 0.1) is 11.3 Å². The Morgan fingerprint density at radius 1 is 1.24 bits per heavy atom. The molecule has 4 rings (SSSR count). The summed E-state index contributed by atoms with van der Waals surface area (Å²) in [5.74, 6) is 0. The highest BCUT2D eigenvalue weighted by Crippen LogP contribution is 2.29. The zero-order valence-electron chi connectivity index (χ0n) is 13.4. The first-order valence-electron chi connectivity index (χ1n) is 7.98. The van der Waals surface area contributed by atoms with Crippen molar-refractivity contribution in [3.63, 3.8) is 0 Å².